The molecule has 1 aliphatic carbocycles. The molecule has 18 heavy (non-hydrogen) atoms. The lowest BCUT2D eigenvalue weighted by molar-refractivity contribution is 0.0968. The average molecular weight is 265 g/mol. The van der Waals surface area contributed by atoms with E-state index in [9.17, 15) is 0 Å². The van der Waals surface area contributed by atoms with E-state index < -0.39 is 0 Å². The summed E-state index contributed by atoms with van der Waals surface area (Å²) in [6.07, 6.45) is 5.02. The van der Waals surface area contributed by atoms with Crippen LogP contribution < -0.4 is 4.74 Å². The van der Waals surface area contributed by atoms with Gasteiger partial charge in [-0.2, -0.15) is 5.26 Å². The molecule has 0 aromatic carbocycles. The second-order valence-corrected chi connectivity index (χ2v) is 5.62. The molecule has 1 heterocycles. The zero-order valence-corrected chi connectivity index (χ0v) is 11.4. The topological polar surface area (TPSA) is 45.9 Å². The Labute approximate surface area is 113 Å². The van der Waals surface area contributed by atoms with Crippen molar-refractivity contribution in [1.82, 2.24) is 4.98 Å². The van der Waals surface area contributed by atoms with Crippen molar-refractivity contribution in [2.45, 2.75) is 39.2 Å². The SMILES string of the molecule is CC1CC(C)CC(Oc2nccc(C#N)c2Cl)C1. The molecule has 96 valence electrons. The van der Waals surface area contributed by atoms with Crippen molar-refractivity contribution in [3.05, 3.63) is 22.8 Å². The predicted octanol–water partition coefficient (Wildman–Crippen LogP) is 3.81. The number of pyridine rings is 1. The first-order chi connectivity index (χ1) is 8.60. The number of ether oxygens (including phenoxy) is 1. The van der Waals surface area contributed by atoms with Crippen LogP contribution in [0.25, 0.3) is 0 Å². The number of nitrogens with zero attached hydrogens (tertiary/aromatic N) is 2. The fourth-order valence-electron chi connectivity index (χ4n) is 2.72. The second-order valence-electron chi connectivity index (χ2n) is 5.25. The van der Waals surface area contributed by atoms with E-state index in [-0.39, 0.29) is 6.10 Å². The van der Waals surface area contributed by atoms with Crippen LogP contribution in [-0.4, -0.2) is 11.1 Å². The number of rotatable bonds is 2. The third kappa shape index (κ3) is 2.94. The number of halogens is 1. The Hall–Kier alpha value is -1.27. The summed E-state index contributed by atoms with van der Waals surface area (Å²) in [7, 11) is 0. The van der Waals surface area contributed by atoms with Crippen LogP contribution in [0.5, 0.6) is 5.88 Å². The molecule has 1 aromatic heterocycles. The summed E-state index contributed by atoms with van der Waals surface area (Å²) in [5, 5.41) is 9.24. The average Bonchev–Trinajstić information content (AvgIpc) is 2.30. The Morgan fingerprint density at radius 3 is 2.61 bits per heavy atom. The summed E-state index contributed by atoms with van der Waals surface area (Å²) < 4.78 is 5.88. The third-order valence-corrected chi connectivity index (χ3v) is 3.76. The van der Waals surface area contributed by atoms with Crippen LogP contribution in [-0.2, 0) is 0 Å². The van der Waals surface area contributed by atoms with Gasteiger partial charge in [0.1, 0.15) is 17.2 Å². The summed E-state index contributed by atoms with van der Waals surface area (Å²) in [5.41, 5.74) is 0.415. The molecule has 1 aromatic rings. The Bertz CT molecular complexity index is 459. The van der Waals surface area contributed by atoms with Crippen LogP contribution in [0.3, 0.4) is 0 Å². The van der Waals surface area contributed by atoms with Gasteiger partial charge in [-0.25, -0.2) is 4.98 Å². The van der Waals surface area contributed by atoms with Crippen molar-refractivity contribution in [1.29, 1.82) is 5.26 Å². The monoisotopic (exact) mass is 264 g/mol. The zero-order chi connectivity index (χ0) is 13.1. The fourth-order valence-corrected chi connectivity index (χ4v) is 2.92. The van der Waals surface area contributed by atoms with Gasteiger partial charge in [0.2, 0.25) is 5.88 Å². The lowest BCUT2D eigenvalue weighted by Gasteiger charge is -2.31. The molecule has 2 rings (SSSR count). The minimum Gasteiger partial charge on any atom is -0.473 e. The van der Waals surface area contributed by atoms with Gasteiger partial charge >= 0.3 is 0 Å². The summed E-state index contributed by atoms with van der Waals surface area (Å²) in [5.74, 6) is 1.72. The molecule has 2 atom stereocenters. The quantitative estimate of drug-likeness (QED) is 0.816. The Balaban J connectivity index is 2.12. The Kier molecular flexibility index (Phi) is 4.08. The first-order valence-corrected chi connectivity index (χ1v) is 6.69. The maximum atomic E-state index is 8.92. The van der Waals surface area contributed by atoms with E-state index in [0.29, 0.717) is 28.3 Å². The number of nitriles is 1. The number of aromatic nitrogens is 1. The predicted molar refractivity (Wildman–Crippen MR) is 70.6 cm³/mol. The second kappa shape index (κ2) is 5.58. The third-order valence-electron chi connectivity index (χ3n) is 3.39. The summed E-state index contributed by atoms with van der Waals surface area (Å²) in [6.45, 7) is 4.49. The maximum absolute atomic E-state index is 8.92. The first kappa shape index (κ1) is 13.2. The molecule has 0 aliphatic heterocycles. The van der Waals surface area contributed by atoms with Gasteiger partial charge in [-0.15, -0.1) is 0 Å². The molecule has 1 aliphatic rings. The largest absolute Gasteiger partial charge is 0.473 e. The van der Waals surface area contributed by atoms with Crippen LogP contribution in [0.2, 0.25) is 5.02 Å². The van der Waals surface area contributed by atoms with Gasteiger partial charge in [0.05, 0.1) is 5.56 Å². The lowest BCUT2D eigenvalue weighted by atomic mass is 9.82. The highest BCUT2D eigenvalue weighted by Gasteiger charge is 2.26. The van der Waals surface area contributed by atoms with Gasteiger partial charge in [0.25, 0.3) is 0 Å². The molecule has 0 spiro atoms. The van der Waals surface area contributed by atoms with Crippen molar-refractivity contribution >= 4 is 11.6 Å². The summed E-state index contributed by atoms with van der Waals surface area (Å²) in [6, 6.07) is 3.64. The van der Waals surface area contributed by atoms with Crippen molar-refractivity contribution < 1.29 is 4.74 Å². The first-order valence-electron chi connectivity index (χ1n) is 6.31. The molecule has 1 saturated carbocycles. The molecular weight excluding hydrogens is 248 g/mol. The summed E-state index contributed by atoms with van der Waals surface area (Å²) >= 11 is 6.09. The molecule has 1 fully saturated rings. The highest BCUT2D eigenvalue weighted by molar-refractivity contribution is 6.32. The van der Waals surface area contributed by atoms with Gasteiger partial charge in [-0.05, 0) is 37.2 Å². The molecular formula is C14H17ClN2O. The normalized spacial score (nSPS) is 27.6. The number of hydrogen-bond donors (Lipinski definition) is 0. The molecule has 2 unspecified atom stereocenters. The Morgan fingerprint density at radius 2 is 2.00 bits per heavy atom. The van der Waals surface area contributed by atoms with Crippen molar-refractivity contribution in [2.24, 2.45) is 11.8 Å². The lowest BCUT2D eigenvalue weighted by Crippen LogP contribution is -2.28. The van der Waals surface area contributed by atoms with Crippen LogP contribution in [0, 0.1) is 23.2 Å². The van der Waals surface area contributed by atoms with Crippen molar-refractivity contribution in [2.75, 3.05) is 0 Å². The van der Waals surface area contributed by atoms with E-state index in [1.807, 2.05) is 6.07 Å². The van der Waals surface area contributed by atoms with Crippen LogP contribution in [0.15, 0.2) is 12.3 Å². The van der Waals surface area contributed by atoms with Gasteiger partial charge < -0.3 is 4.74 Å². The van der Waals surface area contributed by atoms with Crippen LogP contribution in [0.4, 0.5) is 0 Å². The highest BCUT2D eigenvalue weighted by Crippen LogP contribution is 2.33. The zero-order valence-electron chi connectivity index (χ0n) is 10.7. The van der Waals surface area contributed by atoms with Crippen molar-refractivity contribution in [3.63, 3.8) is 0 Å². The number of hydrogen-bond acceptors (Lipinski definition) is 3. The smallest absolute Gasteiger partial charge is 0.234 e. The van der Waals surface area contributed by atoms with Gasteiger partial charge in [0, 0.05) is 6.20 Å². The molecule has 0 N–H and O–H groups in total. The van der Waals surface area contributed by atoms with Gasteiger partial charge in [-0.3, -0.25) is 0 Å². The van der Waals surface area contributed by atoms with E-state index in [4.69, 9.17) is 21.6 Å². The van der Waals surface area contributed by atoms with E-state index >= 15 is 0 Å². The van der Waals surface area contributed by atoms with Gasteiger partial charge in [0.15, 0.2) is 0 Å². The summed E-state index contributed by atoms with van der Waals surface area (Å²) in [4.78, 5) is 4.13. The molecule has 4 heteroatoms. The highest BCUT2D eigenvalue weighted by atomic mass is 35.5. The van der Waals surface area contributed by atoms with E-state index in [1.54, 1.807) is 12.3 Å². The molecule has 0 bridgehead atoms. The fraction of sp³-hybridized carbons (Fsp3) is 0.571. The van der Waals surface area contributed by atoms with Gasteiger partial charge in [-0.1, -0.05) is 25.4 Å². The van der Waals surface area contributed by atoms with Crippen LogP contribution in [0.1, 0.15) is 38.7 Å². The molecule has 0 amide bonds. The molecule has 0 radical (unpaired) electrons. The standard InChI is InChI=1S/C14H17ClN2O/c1-9-5-10(2)7-12(6-9)18-14-13(15)11(8-16)3-4-17-14/h3-4,9-10,12H,5-7H2,1-2H3. The van der Waals surface area contributed by atoms with Crippen LogP contribution >= 0.6 is 11.6 Å². The van der Waals surface area contributed by atoms with E-state index in [2.05, 4.69) is 18.8 Å². The van der Waals surface area contributed by atoms with E-state index in [0.717, 1.165) is 12.8 Å². The maximum Gasteiger partial charge on any atom is 0.234 e. The minimum atomic E-state index is 0.155. The van der Waals surface area contributed by atoms with Crippen molar-refractivity contribution in [3.8, 4) is 11.9 Å². The Morgan fingerprint density at radius 1 is 1.33 bits per heavy atom. The minimum absolute atomic E-state index is 0.155. The molecule has 3 nitrogen and oxygen atoms in total. The molecule has 0 saturated heterocycles. The van der Waals surface area contributed by atoms with E-state index in [1.165, 1.54) is 6.42 Å².